The highest BCUT2D eigenvalue weighted by atomic mass is 16.2. The number of benzene rings is 1. The van der Waals surface area contributed by atoms with E-state index in [4.69, 9.17) is 0 Å². The number of amides is 4. The summed E-state index contributed by atoms with van der Waals surface area (Å²) in [6.45, 7) is 5.73. The van der Waals surface area contributed by atoms with Crippen molar-refractivity contribution in [1.29, 1.82) is 0 Å². The molecule has 1 saturated heterocycles. The molecule has 174 valence electrons. The molecule has 3 aromatic rings. The predicted octanol–water partition coefficient (Wildman–Crippen LogP) is 4.24. The molecular formula is C27H28N4O3. The van der Waals surface area contributed by atoms with Gasteiger partial charge in [-0.2, -0.15) is 0 Å². The number of anilines is 1. The molecule has 0 saturated carbocycles. The van der Waals surface area contributed by atoms with Crippen molar-refractivity contribution >= 4 is 23.5 Å². The number of nitrogens with one attached hydrogen (secondary N) is 1. The summed E-state index contributed by atoms with van der Waals surface area (Å²) in [5.41, 5.74) is 3.78. The summed E-state index contributed by atoms with van der Waals surface area (Å²) in [4.78, 5) is 49.8. The Morgan fingerprint density at radius 3 is 1.74 bits per heavy atom. The first kappa shape index (κ1) is 23.3. The number of imide groups is 2. The van der Waals surface area contributed by atoms with E-state index in [-0.39, 0.29) is 12.8 Å². The summed E-state index contributed by atoms with van der Waals surface area (Å²) in [6.07, 6.45) is 8.33. The van der Waals surface area contributed by atoms with Gasteiger partial charge < -0.3 is 0 Å². The third-order valence-corrected chi connectivity index (χ3v) is 6.51. The van der Waals surface area contributed by atoms with Crippen molar-refractivity contribution in [1.82, 2.24) is 15.3 Å². The Balaban J connectivity index is 1.75. The van der Waals surface area contributed by atoms with Gasteiger partial charge in [0.15, 0.2) is 0 Å². The number of aryl methyl sites for hydroxylation is 5. The van der Waals surface area contributed by atoms with Crippen molar-refractivity contribution in [3.63, 3.8) is 0 Å². The second-order valence-electron chi connectivity index (χ2n) is 8.94. The zero-order valence-electron chi connectivity index (χ0n) is 19.7. The lowest BCUT2D eigenvalue weighted by atomic mass is 9.74. The Bertz CT molecular complexity index is 1160. The minimum absolute atomic E-state index is 0.278. The highest BCUT2D eigenvalue weighted by molar-refractivity contribution is 6.30. The van der Waals surface area contributed by atoms with Crippen LogP contribution in [0.1, 0.15) is 40.7 Å². The molecule has 0 spiro atoms. The van der Waals surface area contributed by atoms with Crippen LogP contribution in [0.5, 0.6) is 0 Å². The topological polar surface area (TPSA) is 92.3 Å². The standard InChI is InChI=1S/C27H28N4O3/c1-18-16-19(2)23(20(3)17-18)31-25(33)27(24(32)30-26(31)34,10-4-21-6-12-28-13-7-21)11-5-22-8-14-29-15-9-22/h6-9,12-17H,4-5,10-11H2,1-3H3,(H,30,32,34). The number of hydrogen-bond donors (Lipinski definition) is 1. The van der Waals surface area contributed by atoms with E-state index in [2.05, 4.69) is 15.3 Å². The Labute approximate surface area is 199 Å². The lowest BCUT2D eigenvalue weighted by molar-refractivity contribution is -0.143. The molecule has 2 aromatic heterocycles. The molecule has 0 bridgehead atoms. The van der Waals surface area contributed by atoms with Crippen molar-refractivity contribution in [2.24, 2.45) is 5.41 Å². The molecule has 0 radical (unpaired) electrons. The molecule has 7 nitrogen and oxygen atoms in total. The zero-order valence-corrected chi connectivity index (χ0v) is 19.7. The van der Waals surface area contributed by atoms with E-state index in [0.717, 1.165) is 27.8 Å². The van der Waals surface area contributed by atoms with Gasteiger partial charge in [0.1, 0.15) is 5.41 Å². The summed E-state index contributed by atoms with van der Waals surface area (Å²) in [7, 11) is 0. The van der Waals surface area contributed by atoms with Crippen molar-refractivity contribution in [2.45, 2.75) is 46.5 Å². The van der Waals surface area contributed by atoms with Crippen molar-refractivity contribution in [3.8, 4) is 0 Å². The van der Waals surface area contributed by atoms with Gasteiger partial charge in [0.25, 0.3) is 5.91 Å². The number of carbonyl (C=O) groups excluding carboxylic acids is 3. The van der Waals surface area contributed by atoms with Crippen LogP contribution in [-0.2, 0) is 22.4 Å². The van der Waals surface area contributed by atoms with Gasteiger partial charge >= 0.3 is 6.03 Å². The van der Waals surface area contributed by atoms with Crippen LogP contribution in [0.2, 0.25) is 0 Å². The Hall–Kier alpha value is -3.87. The van der Waals surface area contributed by atoms with Crippen LogP contribution in [0.4, 0.5) is 10.5 Å². The zero-order chi connectivity index (χ0) is 24.3. The average Bonchev–Trinajstić information content (AvgIpc) is 2.81. The number of hydrogen-bond acceptors (Lipinski definition) is 5. The normalized spacial score (nSPS) is 15.4. The lowest BCUT2D eigenvalue weighted by Crippen LogP contribution is -2.64. The van der Waals surface area contributed by atoms with Gasteiger partial charge in [-0.05, 0) is 93.0 Å². The minimum atomic E-state index is -1.38. The van der Waals surface area contributed by atoms with Gasteiger partial charge in [0, 0.05) is 24.8 Å². The molecule has 1 aliphatic rings. The van der Waals surface area contributed by atoms with Crippen LogP contribution in [0.15, 0.2) is 61.2 Å². The van der Waals surface area contributed by atoms with E-state index in [1.54, 1.807) is 24.8 Å². The fourth-order valence-corrected chi connectivity index (χ4v) is 4.78. The summed E-state index contributed by atoms with van der Waals surface area (Å²) < 4.78 is 0. The van der Waals surface area contributed by atoms with E-state index < -0.39 is 23.3 Å². The maximum absolute atomic E-state index is 14.1. The third kappa shape index (κ3) is 4.46. The Kier molecular flexibility index (Phi) is 6.54. The molecule has 1 fully saturated rings. The van der Waals surface area contributed by atoms with Gasteiger partial charge in [-0.1, -0.05) is 17.7 Å². The minimum Gasteiger partial charge on any atom is -0.276 e. The molecule has 1 aliphatic heterocycles. The first-order valence-electron chi connectivity index (χ1n) is 11.4. The van der Waals surface area contributed by atoms with Crippen LogP contribution in [0, 0.1) is 26.2 Å². The summed E-state index contributed by atoms with van der Waals surface area (Å²) >= 11 is 0. The Morgan fingerprint density at radius 1 is 0.794 bits per heavy atom. The molecule has 34 heavy (non-hydrogen) atoms. The van der Waals surface area contributed by atoms with Crippen molar-refractivity contribution in [3.05, 3.63) is 89.0 Å². The number of aromatic nitrogens is 2. The Morgan fingerprint density at radius 2 is 1.26 bits per heavy atom. The average molecular weight is 457 g/mol. The van der Waals surface area contributed by atoms with Crippen LogP contribution >= 0.6 is 0 Å². The molecule has 7 heteroatoms. The smallest absolute Gasteiger partial charge is 0.276 e. The highest BCUT2D eigenvalue weighted by Gasteiger charge is 2.54. The molecule has 1 aromatic carbocycles. The molecule has 0 unspecified atom stereocenters. The number of rotatable bonds is 7. The molecule has 4 amide bonds. The monoisotopic (exact) mass is 456 g/mol. The van der Waals surface area contributed by atoms with Crippen LogP contribution in [0.3, 0.4) is 0 Å². The van der Waals surface area contributed by atoms with Crippen molar-refractivity contribution in [2.75, 3.05) is 4.90 Å². The van der Waals surface area contributed by atoms with E-state index in [1.165, 1.54) is 4.90 Å². The predicted molar refractivity (Wildman–Crippen MR) is 129 cm³/mol. The van der Waals surface area contributed by atoms with Crippen LogP contribution < -0.4 is 10.2 Å². The second kappa shape index (κ2) is 9.55. The SMILES string of the molecule is Cc1cc(C)c(N2C(=O)NC(=O)C(CCc3ccncc3)(CCc3ccncc3)C2=O)c(C)c1. The van der Waals surface area contributed by atoms with Gasteiger partial charge in [0.05, 0.1) is 5.69 Å². The molecular weight excluding hydrogens is 428 g/mol. The van der Waals surface area contributed by atoms with Gasteiger partial charge in [-0.3, -0.25) is 24.9 Å². The summed E-state index contributed by atoms with van der Waals surface area (Å²) in [6, 6.07) is 10.7. The maximum Gasteiger partial charge on any atom is 0.335 e. The lowest BCUT2D eigenvalue weighted by Gasteiger charge is -2.40. The number of carbonyl (C=O) groups is 3. The largest absolute Gasteiger partial charge is 0.335 e. The fourth-order valence-electron chi connectivity index (χ4n) is 4.78. The molecule has 0 atom stereocenters. The maximum atomic E-state index is 14.1. The quantitative estimate of drug-likeness (QED) is 0.537. The van der Waals surface area contributed by atoms with Crippen molar-refractivity contribution < 1.29 is 14.4 Å². The van der Waals surface area contributed by atoms with E-state index >= 15 is 0 Å². The molecule has 4 rings (SSSR count). The second-order valence-corrected chi connectivity index (χ2v) is 8.94. The summed E-state index contributed by atoms with van der Waals surface area (Å²) in [5, 5.41) is 2.49. The van der Waals surface area contributed by atoms with Gasteiger partial charge in [-0.15, -0.1) is 0 Å². The van der Waals surface area contributed by atoms with Crippen LogP contribution in [0.25, 0.3) is 0 Å². The number of pyridine rings is 2. The van der Waals surface area contributed by atoms with E-state index in [1.807, 2.05) is 57.2 Å². The number of nitrogens with zero attached hydrogens (tertiary/aromatic N) is 3. The highest BCUT2D eigenvalue weighted by Crippen LogP contribution is 2.39. The van der Waals surface area contributed by atoms with E-state index in [0.29, 0.717) is 18.5 Å². The molecule has 3 heterocycles. The fraction of sp³-hybridized carbons (Fsp3) is 0.296. The van der Waals surface area contributed by atoms with E-state index in [9.17, 15) is 14.4 Å². The first-order chi connectivity index (χ1) is 16.3. The first-order valence-corrected chi connectivity index (χ1v) is 11.4. The summed E-state index contributed by atoms with van der Waals surface area (Å²) in [5.74, 6) is -1.01. The van der Waals surface area contributed by atoms with Gasteiger partial charge in [0.2, 0.25) is 5.91 Å². The van der Waals surface area contributed by atoms with Crippen LogP contribution in [-0.4, -0.2) is 27.8 Å². The van der Waals surface area contributed by atoms with Gasteiger partial charge in [-0.25, -0.2) is 9.69 Å². The number of urea groups is 1. The molecule has 0 aliphatic carbocycles. The third-order valence-electron chi connectivity index (χ3n) is 6.51. The number of barbiturate groups is 1. The molecule has 1 N–H and O–H groups in total.